The van der Waals surface area contributed by atoms with Gasteiger partial charge in [-0.2, -0.15) is 8.78 Å². The molecule has 0 saturated heterocycles. The van der Waals surface area contributed by atoms with Crippen LogP contribution in [0.25, 0.3) is 0 Å². The SMILES string of the molecule is CC(C)=CCCC(C)=CCCC(C)=CC(=O)COP(=O)(O)C(F)F. The first-order valence-electron chi connectivity index (χ1n) is 7.78. The zero-order valence-electron chi connectivity index (χ0n) is 14.7. The predicted molar refractivity (Wildman–Crippen MR) is 92.2 cm³/mol. The van der Waals surface area contributed by atoms with E-state index in [1.165, 1.54) is 17.2 Å². The summed E-state index contributed by atoms with van der Waals surface area (Å²) in [4.78, 5) is 20.3. The Hall–Kier alpha value is -1.10. The minimum atomic E-state index is -5.01. The van der Waals surface area contributed by atoms with E-state index in [9.17, 15) is 18.1 Å². The molecule has 1 atom stereocenters. The van der Waals surface area contributed by atoms with E-state index in [4.69, 9.17) is 4.89 Å². The average molecular weight is 364 g/mol. The minimum Gasteiger partial charge on any atom is -0.320 e. The largest absolute Gasteiger partial charge is 0.394 e. The molecule has 0 fully saturated rings. The molecule has 7 heteroatoms. The normalized spacial score (nSPS) is 15.3. The first-order chi connectivity index (χ1) is 11.0. The van der Waals surface area contributed by atoms with Gasteiger partial charge in [-0.15, -0.1) is 0 Å². The molecule has 138 valence electrons. The van der Waals surface area contributed by atoms with Crippen molar-refractivity contribution in [1.82, 2.24) is 0 Å². The van der Waals surface area contributed by atoms with Crippen LogP contribution in [0.4, 0.5) is 8.78 Å². The van der Waals surface area contributed by atoms with Crippen LogP contribution in [0.5, 0.6) is 0 Å². The van der Waals surface area contributed by atoms with Crippen molar-refractivity contribution in [3.63, 3.8) is 0 Å². The molecule has 0 spiro atoms. The fourth-order valence-electron chi connectivity index (χ4n) is 1.84. The summed E-state index contributed by atoms with van der Waals surface area (Å²) in [5, 5.41) is 0. The fourth-order valence-corrected chi connectivity index (χ4v) is 2.26. The highest BCUT2D eigenvalue weighted by Gasteiger charge is 2.33. The van der Waals surface area contributed by atoms with Gasteiger partial charge < -0.3 is 4.89 Å². The van der Waals surface area contributed by atoms with Gasteiger partial charge in [-0.25, -0.2) is 0 Å². The Balaban J connectivity index is 4.24. The van der Waals surface area contributed by atoms with Gasteiger partial charge >= 0.3 is 13.8 Å². The van der Waals surface area contributed by atoms with E-state index >= 15 is 0 Å². The number of halogens is 2. The molecular formula is C17H27F2O4P. The molecular weight excluding hydrogens is 337 g/mol. The number of allylic oxidation sites excluding steroid dienone is 5. The van der Waals surface area contributed by atoms with Crippen LogP contribution in [-0.4, -0.2) is 23.5 Å². The van der Waals surface area contributed by atoms with Crippen molar-refractivity contribution in [3.8, 4) is 0 Å². The van der Waals surface area contributed by atoms with Crippen LogP contribution >= 0.6 is 7.60 Å². The molecule has 0 aliphatic heterocycles. The molecule has 0 bridgehead atoms. The summed E-state index contributed by atoms with van der Waals surface area (Å²) in [6, 6.07) is 0. The molecule has 0 aromatic rings. The van der Waals surface area contributed by atoms with Crippen LogP contribution in [0.1, 0.15) is 53.4 Å². The maximum atomic E-state index is 12.1. The lowest BCUT2D eigenvalue weighted by atomic mass is 10.1. The summed E-state index contributed by atoms with van der Waals surface area (Å²) in [5.41, 5.74) is 3.33. The van der Waals surface area contributed by atoms with Gasteiger partial charge in [-0.1, -0.05) is 28.9 Å². The molecule has 1 N–H and O–H groups in total. The smallest absolute Gasteiger partial charge is 0.320 e. The predicted octanol–water partition coefficient (Wildman–Crippen LogP) is 5.40. The Morgan fingerprint density at radius 2 is 1.62 bits per heavy atom. The van der Waals surface area contributed by atoms with E-state index in [1.54, 1.807) is 6.92 Å². The number of rotatable bonds is 11. The highest BCUT2D eigenvalue weighted by Crippen LogP contribution is 2.48. The number of carbonyl (C=O) groups excluding carboxylic acids is 1. The standard InChI is InChI=1S/C17H27F2O4P/c1-13(2)7-5-8-14(3)9-6-10-15(4)11-16(20)12-23-24(21,22)17(18)19/h7,9,11,17H,5-6,8,10,12H2,1-4H3,(H,21,22). The first-order valence-corrected chi connectivity index (χ1v) is 9.43. The minimum absolute atomic E-state index is 0.605. The van der Waals surface area contributed by atoms with Crippen LogP contribution in [0.2, 0.25) is 0 Å². The van der Waals surface area contributed by atoms with E-state index in [-0.39, 0.29) is 0 Å². The highest BCUT2D eigenvalue weighted by molar-refractivity contribution is 7.53. The second-order valence-electron chi connectivity index (χ2n) is 5.98. The molecule has 0 aromatic heterocycles. The van der Waals surface area contributed by atoms with Crippen molar-refractivity contribution in [2.75, 3.05) is 6.61 Å². The second-order valence-corrected chi connectivity index (χ2v) is 7.76. The lowest BCUT2D eigenvalue weighted by Crippen LogP contribution is -2.08. The van der Waals surface area contributed by atoms with Crippen LogP contribution < -0.4 is 0 Å². The van der Waals surface area contributed by atoms with E-state index in [2.05, 4.69) is 37.4 Å². The number of ketones is 1. The van der Waals surface area contributed by atoms with Crippen molar-refractivity contribution >= 4 is 13.4 Å². The quantitative estimate of drug-likeness (QED) is 0.303. The van der Waals surface area contributed by atoms with Crippen molar-refractivity contribution in [1.29, 1.82) is 0 Å². The van der Waals surface area contributed by atoms with Crippen molar-refractivity contribution in [2.45, 2.75) is 59.5 Å². The Morgan fingerprint density at radius 1 is 1.08 bits per heavy atom. The maximum Gasteiger partial charge on any atom is 0.394 e. The number of hydrogen-bond donors (Lipinski definition) is 1. The molecule has 0 radical (unpaired) electrons. The highest BCUT2D eigenvalue weighted by atomic mass is 31.2. The topological polar surface area (TPSA) is 63.6 Å². The van der Waals surface area contributed by atoms with Crippen molar-refractivity contribution in [3.05, 3.63) is 34.9 Å². The summed E-state index contributed by atoms with van der Waals surface area (Å²) < 4.78 is 39.2. The first kappa shape index (κ1) is 22.9. The third-order valence-electron chi connectivity index (χ3n) is 3.17. The van der Waals surface area contributed by atoms with Gasteiger partial charge in [0.1, 0.15) is 6.61 Å². The summed E-state index contributed by atoms with van der Waals surface area (Å²) in [6.45, 7) is 7.10. The summed E-state index contributed by atoms with van der Waals surface area (Å²) in [6.07, 6.45) is 5.45. The number of hydrogen-bond acceptors (Lipinski definition) is 3. The third-order valence-corrected chi connectivity index (χ3v) is 4.16. The van der Waals surface area contributed by atoms with E-state index < -0.39 is 26.2 Å². The molecule has 0 amide bonds. The molecule has 0 aromatic carbocycles. The third kappa shape index (κ3) is 11.4. The molecule has 0 aliphatic carbocycles. The van der Waals surface area contributed by atoms with Crippen molar-refractivity contribution < 1.29 is 27.6 Å². The Morgan fingerprint density at radius 3 is 2.17 bits per heavy atom. The average Bonchev–Trinajstić information content (AvgIpc) is 2.44. The van der Waals surface area contributed by atoms with E-state index in [0.717, 1.165) is 24.8 Å². The molecule has 0 rings (SSSR count). The second kappa shape index (κ2) is 11.5. The van der Waals surface area contributed by atoms with Crippen molar-refractivity contribution in [2.24, 2.45) is 0 Å². The maximum absolute atomic E-state index is 12.1. The molecule has 24 heavy (non-hydrogen) atoms. The molecule has 4 nitrogen and oxygen atoms in total. The van der Waals surface area contributed by atoms with Gasteiger partial charge in [0.2, 0.25) is 0 Å². The van der Waals surface area contributed by atoms with Crippen LogP contribution in [0.15, 0.2) is 34.9 Å². The zero-order chi connectivity index (χ0) is 18.8. The molecule has 0 saturated carbocycles. The summed E-state index contributed by atoms with van der Waals surface area (Å²) >= 11 is 0. The fraction of sp³-hybridized carbons (Fsp3) is 0.588. The van der Waals surface area contributed by atoms with E-state index in [0.29, 0.717) is 6.42 Å². The van der Waals surface area contributed by atoms with Crippen LogP contribution in [-0.2, 0) is 13.9 Å². The Labute approximate surface area is 142 Å². The number of alkyl halides is 2. The van der Waals surface area contributed by atoms with Gasteiger partial charge in [-0.05, 0) is 59.5 Å². The van der Waals surface area contributed by atoms with Crippen LogP contribution in [0, 0.1) is 0 Å². The summed E-state index contributed by atoms with van der Waals surface area (Å²) in [5.74, 6) is -0.605. The van der Waals surface area contributed by atoms with Gasteiger partial charge in [0.05, 0.1) is 0 Å². The molecule has 1 unspecified atom stereocenters. The van der Waals surface area contributed by atoms with Gasteiger partial charge in [0.25, 0.3) is 0 Å². The van der Waals surface area contributed by atoms with Gasteiger partial charge in [0, 0.05) is 0 Å². The Kier molecular flexibility index (Phi) is 10.9. The number of carbonyl (C=O) groups is 1. The lowest BCUT2D eigenvalue weighted by molar-refractivity contribution is -0.116. The molecule has 0 aliphatic rings. The monoisotopic (exact) mass is 364 g/mol. The Bertz CT molecular complexity index is 547. The van der Waals surface area contributed by atoms with Gasteiger partial charge in [-0.3, -0.25) is 13.9 Å². The van der Waals surface area contributed by atoms with Gasteiger partial charge in [0.15, 0.2) is 5.78 Å². The summed E-state index contributed by atoms with van der Waals surface area (Å²) in [7, 11) is -5.01. The molecule has 0 heterocycles. The zero-order valence-corrected chi connectivity index (χ0v) is 15.6. The lowest BCUT2D eigenvalue weighted by Gasteiger charge is -2.09. The van der Waals surface area contributed by atoms with E-state index in [1.807, 2.05) is 0 Å². The van der Waals surface area contributed by atoms with Crippen LogP contribution in [0.3, 0.4) is 0 Å².